The minimum absolute atomic E-state index is 0.186. The normalized spacial score (nSPS) is 10.1. The average Bonchev–Trinajstić information content (AvgIpc) is 2.53. The zero-order valence-electron chi connectivity index (χ0n) is 12.1. The van der Waals surface area contributed by atoms with E-state index >= 15 is 0 Å². The number of hydrogen-bond acceptors (Lipinski definition) is 5. The molecule has 0 fully saturated rings. The van der Waals surface area contributed by atoms with E-state index in [-0.39, 0.29) is 5.75 Å². The number of benzene rings is 1. The smallest absolute Gasteiger partial charge is 0.184 e. The van der Waals surface area contributed by atoms with E-state index in [9.17, 15) is 4.39 Å². The van der Waals surface area contributed by atoms with Crippen LogP contribution in [0.1, 0.15) is 5.69 Å². The molecular formula is C15H17FN2O3. The first kappa shape index (κ1) is 14.9. The zero-order chi connectivity index (χ0) is 15.2. The summed E-state index contributed by atoms with van der Waals surface area (Å²) in [7, 11) is 4.55. The van der Waals surface area contributed by atoms with Crippen molar-refractivity contribution in [2.45, 2.75) is 6.54 Å². The van der Waals surface area contributed by atoms with E-state index in [2.05, 4.69) is 10.3 Å². The van der Waals surface area contributed by atoms with Crippen LogP contribution in [0, 0.1) is 5.82 Å². The monoisotopic (exact) mass is 292 g/mol. The fourth-order valence-electron chi connectivity index (χ4n) is 1.93. The molecule has 1 N–H and O–H groups in total. The molecule has 5 nitrogen and oxygen atoms in total. The number of aromatic nitrogens is 1. The Bertz CT molecular complexity index is 620. The number of hydrogen-bond donors (Lipinski definition) is 1. The lowest BCUT2D eigenvalue weighted by Gasteiger charge is -2.13. The number of nitrogens with one attached hydrogen (secondary N) is 1. The topological polar surface area (TPSA) is 52.6 Å². The minimum atomic E-state index is -0.403. The van der Waals surface area contributed by atoms with E-state index in [1.807, 2.05) is 0 Å². The summed E-state index contributed by atoms with van der Waals surface area (Å²) in [5.74, 6) is 0.966. The van der Waals surface area contributed by atoms with Crippen LogP contribution in [0.3, 0.4) is 0 Å². The second-order valence-electron chi connectivity index (χ2n) is 4.20. The van der Waals surface area contributed by atoms with Gasteiger partial charge in [0.15, 0.2) is 23.1 Å². The third kappa shape index (κ3) is 3.34. The van der Waals surface area contributed by atoms with Gasteiger partial charge in [0.2, 0.25) is 0 Å². The lowest BCUT2D eigenvalue weighted by atomic mass is 10.2. The summed E-state index contributed by atoms with van der Waals surface area (Å²) in [6, 6.07) is 6.28. The van der Waals surface area contributed by atoms with Crippen LogP contribution in [0.15, 0.2) is 30.5 Å². The van der Waals surface area contributed by atoms with Gasteiger partial charge in [-0.25, -0.2) is 4.39 Å². The molecule has 0 saturated carbocycles. The van der Waals surface area contributed by atoms with Crippen LogP contribution in [0.25, 0.3) is 0 Å². The van der Waals surface area contributed by atoms with Crippen molar-refractivity contribution in [2.24, 2.45) is 0 Å². The van der Waals surface area contributed by atoms with Crippen LogP contribution in [0.5, 0.6) is 17.2 Å². The highest BCUT2D eigenvalue weighted by Crippen LogP contribution is 2.29. The van der Waals surface area contributed by atoms with Crippen molar-refractivity contribution in [1.82, 2.24) is 4.98 Å². The Morgan fingerprint density at radius 1 is 1.05 bits per heavy atom. The van der Waals surface area contributed by atoms with Crippen molar-refractivity contribution in [2.75, 3.05) is 26.6 Å². The molecule has 1 aromatic carbocycles. The molecule has 2 rings (SSSR count). The van der Waals surface area contributed by atoms with Crippen molar-refractivity contribution in [1.29, 1.82) is 0 Å². The Morgan fingerprint density at radius 3 is 2.48 bits per heavy atom. The van der Waals surface area contributed by atoms with E-state index in [0.29, 0.717) is 23.7 Å². The van der Waals surface area contributed by atoms with Crippen LogP contribution in [0.2, 0.25) is 0 Å². The summed E-state index contributed by atoms with van der Waals surface area (Å²) in [6.07, 6.45) is 1.64. The highest BCUT2D eigenvalue weighted by molar-refractivity contribution is 5.50. The first-order valence-electron chi connectivity index (χ1n) is 6.33. The maximum atomic E-state index is 13.3. The van der Waals surface area contributed by atoms with Crippen LogP contribution in [-0.2, 0) is 6.54 Å². The third-order valence-corrected chi connectivity index (χ3v) is 2.98. The maximum Gasteiger partial charge on any atom is 0.184 e. The number of pyridine rings is 1. The van der Waals surface area contributed by atoms with Gasteiger partial charge >= 0.3 is 0 Å². The SMILES string of the molecule is COc1cc(NCc2nccc(OC)c2OC)ccc1F. The van der Waals surface area contributed by atoms with Gasteiger partial charge in [0.1, 0.15) is 5.69 Å². The van der Waals surface area contributed by atoms with Crippen LogP contribution in [0.4, 0.5) is 10.1 Å². The molecule has 112 valence electrons. The van der Waals surface area contributed by atoms with Gasteiger partial charge in [-0.1, -0.05) is 0 Å². The largest absolute Gasteiger partial charge is 0.494 e. The zero-order valence-corrected chi connectivity index (χ0v) is 12.1. The number of halogens is 1. The third-order valence-electron chi connectivity index (χ3n) is 2.98. The number of nitrogens with zero attached hydrogens (tertiary/aromatic N) is 1. The minimum Gasteiger partial charge on any atom is -0.494 e. The summed E-state index contributed by atoms with van der Waals surface area (Å²) >= 11 is 0. The predicted octanol–water partition coefficient (Wildman–Crippen LogP) is 2.86. The molecule has 0 bridgehead atoms. The molecule has 0 atom stereocenters. The van der Waals surface area contributed by atoms with E-state index in [0.717, 1.165) is 5.69 Å². The summed E-state index contributed by atoms with van der Waals surface area (Å²) in [4.78, 5) is 4.26. The standard InChI is InChI=1S/C15H17FN2O3/c1-19-13-6-7-17-12(15(13)21-3)9-18-10-4-5-11(16)14(8-10)20-2/h4-8,18H,9H2,1-3H3. The summed E-state index contributed by atoms with van der Waals surface area (Å²) in [6.45, 7) is 0.412. The number of rotatable bonds is 6. The quantitative estimate of drug-likeness (QED) is 0.887. The van der Waals surface area contributed by atoms with Crippen LogP contribution < -0.4 is 19.5 Å². The van der Waals surface area contributed by atoms with Crippen molar-refractivity contribution < 1.29 is 18.6 Å². The number of anilines is 1. The van der Waals surface area contributed by atoms with E-state index < -0.39 is 5.82 Å². The van der Waals surface area contributed by atoms with Crippen LogP contribution in [-0.4, -0.2) is 26.3 Å². The fraction of sp³-hybridized carbons (Fsp3) is 0.267. The molecule has 2 aromatic rings. The van der Waals surface area contributed by atoms with Gasteiger partial charge < -0.3 is 19.5 Å². The maximum absolute atomic E-state index is 13.3. The second-order valence-corrected chi connectivity index (χ2v) is 4.20. The van der Waals surface area contributed by atoms with E-state index in [4.69, 9.17) is 14.2 Å². The number of ether oxygens (including phenoxy) is 3. The van der Waals surface area contributed by atoms with E-state index in [1.54, 1.807) is 38.6 Å². The van der Waals surface area contributed by atoms with Gasteiger partial charge in [-0.2, -0.15) is 0 Å². The Kier molecular flexibility index (Phi) is 4.81. The highest BCUT2D eigenvalue weighted by Gasteiger charge is 2.11. The molecule has 0 unspecified atom stereocenters. The Morgan fingerprint density at radius 2 is 1.81 bits per heavy atom. The molecule has 0 radical (unpaired) electrons. The van der Waals surface area contributed by atoms with Crippen molar-refractivity contribution in [3.63, 3.8) is 0 Å². The summed E-state index contributed by atoms with van der Waals surface area (Å²) in [5, 5.41) is 3.14. The van der Waals surface area contributed by atoms with E-state index in [1.165, 1.54) is 13.2 Å². The lowest BCUT2D eigenvalue weighted by molar-refractivity contribution is 0.350. The Labute approximate surface area is 122 Å². The van der Waals surface area contributed by atoms with Gasteiger partial charge in [0.05, 0.1) is 27.9 Å². The van der Waals surface area contributed by atoms with Gasteiger partial charge in [-0.3, -0.25) is 4.98 Å². The Balaban J connectivity index is 2.16. The highest BCUT2D eigenvalue weighted by atomic mass is 19.1. The van der Waals surface area contributed by atoms with Crippen molar-refractivity contribution in [3.05, 3.63) is 42.0 Å². The van der Waals surface area contributed by atoms with Gasteiger partial charge in [0.25, 0.3) is 0 Å². The van der Waals surface area contributed by atoms with Gasteiger partial charge in [-0.15, -0.1) is 0 Å². The van der Waals surface area contributed by atoms with Crippen molar-refractivity contribution in [3.8, 4) is 17.2 Å². The molecule has 0 spiro atoms. The molecule has 0 amide bonds. The Hall–Kier alpha value is -2.50. The molecule has 0 aliphatic heterocycles. The summed E-state index contributed by atoms with van der Waals surface area (Å²) < 4.78 is 28.8. The average molecular weight is 292 g/mol. The molecule has 6 heteroatoms. The molecule has 21 heavy (non-hydrogen) atoms. The van der Waals surface area contributed by atoms with Gasteiger partial charge in [-0.05, 0) is 12.1 Å². The molecule has 0 aliphatic carbocycles. The second kappa shape index (κ2) is 6.78. The molecule has 0 saturated heterocycles. The van der Waals surface area contributed by atoms with Crippen LogP contribution >= 0.6 is 0 Å². The summed E-state index contributed by atoms with van der Waals surface area (Å²) in [5.41, 5.74) is 1.42. The fourth-order valence-corrected chi connectivity index (χ4v) is 1.93. The first-order chi connectivity index (χ1) is 10.2. The molecular weight excluding hydrogens is 275 g/mol. The molecule has 0 aliphatic rings. The predicted molar refractivity (Wildman–Crippen MR) is 77.6 cm³/mol. The number of methoxy groups -OCH3 is 3. The molecule has 1 aromatic heterocycles. The first-order valence-corrected chi connectivity index (χ1v) is 6.33. The van der Waals surface area contributed by atoms with Crippen molar-refractivity contribution >= 4 is 5.69 Å². The molecule has 1 heterocycles. The lowest BCUT2D eigenvalue weighted by Crippen LogP contribution is -2.05. The van der Waals surface area contributed by atoms with Gasteiger partial charge in [0, 0.05) is 24.0 Å².